The standard InChI is InChI=1S/C28H25F4NO3/c29-21-13-11-20(12-14-21)26(34)25(17-18-9-15-22(16-10-18)36-28(30,31)32)33-27(35)24-8-4-6-19-5-2-1-3-7-23(19)24/h3-4,6-16,25-26,34H,1-2,5,17H2,(H,33,35). The van der Waals surface area contributed by atoms with Gasteiger partial charge in [0.1, 0.15) is 11.6 Å². The van der Waals surface area contributed by atoms with Crippen LogP contribution in [0.1, 0.15) is 51.6 Å². The molecule has 0 fully saturated rings. The summed E-state index contributed by atoms with van der Waals surface area (Å²) in [5.41, 5.74) is 3.33. The van der Waals surface area contributed by atoms with Crippen molar-refractivity contribution in [2.75, 3.05) is 0 Å². The Hall–Kier alpha value is -3.65. The highest BCUT2D eigenvalue weighted by molar-refractivity contribution is 5.98. The van der Waals surface area contributed by atoms with Gasteiger partial charge in [0.2, 0.25) is 0 Å². The fraction of sp³-hybridized carbons (Fsp3) is 0.250. The molecule has 4 rings (SSSR count). The first-order chi connectivity index (χ1) is 17.2. The number of carbonyl (C=O) groups is 1. The number of rotatable bonds is 7. The Morgan fingerprint density at radius 1 is 1.03 bits per heavy atom. The van der Waals surface area contributed by atoms with Crippen molar-refractivity contribution in [1.29, 1.82) is 0 Å². The lowest BCUT2D eigenvalue weighted by Gasteiger charge is -2.25. The van der Waals surface area contributed by atoms with E-state index in [4.69, 9.17) is 0 Å². The number of ether oxygens (including phenoxy) is 1. The summed E-state index contributed by atoms with van der Waals surface area (Å²) in [5, 5.41) is 14.0. The maximum Gasteiger partial charge on any atom is 0.573 e. The van der Waals surface area contributed by atoms with E-state index in [-0.39, 0.29) is 18.1 Å². The van der Waals surface area contributed by atoms with Gasteiger partial charge in [-0.3, -0.25) is 4.79 Å². The SMILES string of the molecule is O=C(NC(Cc1ccc(OC(F)(F)F)cc1)C(O)c1ccc(F)cc1)c1cccc2c1C=CCCC2. The lowest BCUT2D eigenvalue weighted by atomic mass is 9.94. The molecule has 0 aromatic heterocycles. The molecule has 0 radical (unpaired) electrons. The average Bonchev–Trinajstić information content (AvgIpc) is 3.09. The van der Waals surface area contributed by atoms with Crippen LogP contribution in [-0.4, -0.2) is 23.4 Å². The normalized spacial score (nSPS) is 14.9. The molecule has 0 bridgehead atoms. The second kappa shape index (κ2) is 11.0. The zero-order valence-electron chi connectivity index (χ0n) is 19.3. The van der Waals surface area contributed by atoms with E-state index in [1.807, 2.05) is 24.3 Å². The molecule has 1 aliphatic carbocycles. The van der Waals surface area contributed by atoms with Crippen LogP contribution in [-0.2, 0) is 12.8 Å². The summed E-state index contributed by atoms with van der Waals surface area (Å²) < 4.78 is 54.8. The van der Waals surface area contributed by atoms with Gasteiger partial charge in [-0.05, 0) is 78.3 Å². The summed E-state index contributed by atoms with van der Waals surface area (Å²) in [6.45, 7) is 0. The number of halogens is 4. The molecule has 0 aliphatic heterocycles. The van der Waals surface area contributed by atoms with E-state index >= 15 is 0 Å². The fourth-order valence-corrected chi connectivity index (χ4v) is 4.30. The Labute approximate surface area is 206 Å². The van der Waals surface area contributed by atoms with Gasteiger partial charge in [0.05, 0.1) is 12.1 Å². The largest absolute Gasteiger partial charge is 0.573 e. The number of aliphatic hydroxyl groups excluding tert-OH is 1. The van der Waals surface area contributed by atoms with Crippen LogP contribution in [0.4, 0.5) is 17.6 Å². The highest BCUT2D eigenvalue weighted by Crippen LogP contribution is 2.27. The predicted molar refractivity (Wildman–Crippen MR) is 128 cm³/mol. The van der Waals surface area contributed by atoms with E-state index < -0.39 is 24.3 Å². The monoisotopic (exact) mass is 499 g/mol. The molecule has 1 aliphatic rings. The van der Waals surface area contributed by atoms with Crippen LogP contribution in [0.2, 0.25) is 0 Å². The first-order valence-electron chi connectivity index (χ1n) is 11.6. The first-order valence-corrected chi connectivity index (χ1v) is 11.6. The number of allylic oxidation sites excluding steroid dienone is 1. The van der Waals surface area contributed by atoms with Crippen LogP contribution < -0.4 is 10.1 Å². The minimum atomic E-state index is -4.81. The van der Waals surface area contributed by atoms with Gasteiger partial charge in [0.15, 0.2) is 0 Å². The Morgan fingerprint density at radius 3 is 2.44 bits per heavy atom. The third-order valence-electron chi connectivity index (χ3n) is 6.06. The number of amides is 1. The van der Waals surface area contributed by atoms with Gasteiger partial charge in [-0.15, -0.1) is 13.2 Å². The van der Waals surface area contributed by atoms with E-state index in [0.29, 0.717) is 16.7 Å². The summed E-state index contributed by atoms with van der Waals surface area (Å²) in [7, 11) is 0. The Morgan fingerprint density at radius 2 is 1.75 bits per heavy atom. The van der Waals surface area contributed by atoms with Crippen LogP contribution in [0.25, 0.3) is 6.08 Å². The summed E-state index contributed by atoms with van der Waals surface area (Å²) in [6.07, 6.45) is 0.806. The van der Waals surface area contributed by atoms with Crippen molar-refractivity contribution in [2.24, 2.45) is 0 Å². The summed E-state index contributed by atoms with van der Waals surface area (Å²) in [6, 6.07) is 15.2. The predicted octanol–water partition coefficient (Wildman–Crippen LogP) is 6.15. The molecule has 0 saturated carbocycles. The molecule has 36 heavy (non-hydrogen) atoms. The van der Waals surface area contributed by atoms with Gasteiger partial charge in [0, 0.05) is 5.56 Å². The molecular weight excluding hydrogens is 474 g/mol. The average molecular weight is 500 g/mol. The van der Waals surface area contributed by atoms with Gasteiger partial charge in [-0.1, -0.05) is 48.6 Å². The van der Waals surface area contributed by atoms with Gasteiger partial charge in [0.25, 0.3) is 5.91 Å². The summed E-state index contributed by atoms with van der Waals surface area (Å²) >= 11 is 0. The molecule has 0 saturated heterocycles. The first kappa shape index (κ1) is 25.4. The molecule has 8 heteroatoms. The van der Waals surface area contributed by atoms with E-state index in [9.17, 15) is 27.5 Å². The van der Waals surface area contributed by atoms with Gasteiger partial charge in [-0.2, -0.15) is 0 Å². The molecule has 0 spiro atoms. The third-order valence-corrected chi connectivity index (χ3v) is 6.06. The molecule has 2 atom stereocenters. The number of alkyl halides is 3. The van der Waals surface area contributed by atoms with Crippen molar-refractivity contribution in [3.05, 3.63) is 106 Å². The lowest BCUT2D eigenvalue weighted by molar-refractivity contribution is -0.274. The van der Waals surface area contributed by atoms with Crippen molar-refractivity contribution in [3.63, 3.8) is 0 Å². The van der Waals surface area contributed by atoms with Crippen LogP contribution in [0.5, 0.6) is 5.75 Å². The number of fused-ring (bicyclic) bond motifs is 1. The Kier molecular flexibility index (Phi) is 7.74. The lowest BCUT2D eigenvalue weighted by Crippen LogP contribution is -2.41. The smallest absolute Gasteiger partial charge is 0.406 e. The second-order valence-corrected chi connectivity index (χ2v) is 8.65. The van der Waals surface area contributed by atoms with Crippen LogP contribution >= 0.6 is 0 Å². The number of hydrogen-bond donors (Lipinski definition) is 2. The third kappa shape index (κ3) is 6.51. The molecule has 3 aromatic rings. The van der Waals surface area contributed by atoms with E-state index in [2.05, 4.69) is 10.1 Å². The van der Waals surface area contributed by atoms with E-state index in [1.165, 1.54) is 48.5 Å². The molecule has 4 nitrogen and oxygen atoms in total. The molecule has 1 amide bonds. The number of benzene rings is 3. The van der Waals surface area contributed by atoms with Crippen molar-refractivity contribution in [3.8, 4) is 5.75 Å². The van der Waals surface area contributed by atoms with Crippen LogP contribution in [0, 0.1) is 5.82 Å². The molecule has 2 unspecified atom stereocenters. The number of hydrogen-bond acceptors (Lipinski definition) is 3. The van der Waals surface area contributed by atoms with Gasteiger partial charge in [-0.25, -0.2) is 4.39 Å². The molecule has 2 N–H and O–H groups in total. The molecule has 0 heterocycles. The van der Waals surface area contributed by atoms with Crippen molar-refractivity contribution < 1.29 is 32.2 Å². The highest BCUT2D eigenvalue weighted by Gasteiger charge is 2.31. The topological polar surface area (TPSA) is 58.6 Å². The van der Waals surface area contributed by atoms with E-state index in [0.717, 1.165) is 30.4 Å². The minimum absolute atomic E-state index is 0.113. The summed E-state index contributed by atoms with van der Waals surface area (Å²) in [4.78, 5) is 13.4. The van der Waals surface area contributed by atoms with Crippen LogP contribution in [0.3, 0.4) is 0 Å². The number of aryl methyl sites for hydroxylation is 1. The Bertz CT molecular complexity index is 1220. The maximum atomic E-state index is 13.4. The van der Waals surface area contributed by atoms with Gasteiger partial charge >= 0.3 is 6.36 Å². The van der Waals surface area contributed by atoms with Gasteiger partial charge < -0.3 is 15.2 Å². The quantitative estimate of drug-likeness (QED) is 0.384. The molecule has 188 valence electrons. The number of carbonyl (C=O) groups excluding carboxylic acids is 1. The van der Waals surface area contributed by atoms with Crippen molar-refractivity contribution in [1.82, 2.24) is 5.32 Å². The molecule has 3 aromatic carbocycles. The highest BCUT2D eigenvalue weighted by atomic mass is 19.4. The van der Waals surface area contributed by atoms with E-state index in [1.54, 1.807) is 6.07 Å². The minimum Gasteiger partial charge on any atom is -0.406 e. The maximum absolute atomic E-state index is 13.4. The number of nitrogens with one attached hydrogen (secondary N) is 1. The Balaban J connectivity index is 1.60. The summed E-state index contributed by atoms with van der Waals surface area (Å²) in [5.74, 6) is -1.23. The zero-order chi connectivity index (χ0) is 25.7. The molecular formula is C28H25F4NO3. The zero-order valence-corrected chi connectivity index (χ0v) is 19.3. The second-order valence-electron chi connectivity index (χ2n) is 8.65. The van der Waals surface area contributed by atoms with Crippen molar-refractivity contribution >= 4 is 12.0 Å². The van der Waals surface area contributed by atoms with Crippen LogP contribution in [0.15, 0.2) is 72.8 Å². The van der Waals surface area contributed by atoms with Crippen molar-refractivity contribution in [2.45, 2.75) is 44.2 Å². The fourth-order valence-electron chi connectivity index (χ4n) is 4.30. The number of aliphatic hydroxyl groups is 1.